The lowest BCUT2D eigenvalue weighted by Gasteiger charge is -2.04. The Kier molecular flexibility index (Phi) is 31.3. The maximum Gasteiger partial charge on any atom is 0.302 e. The molecule has 2 nitrogen and oxygen atoms in total. The second-order valence-electron chi connectivity index (χ2n) is 16.4. The lowest BCUT2D eigenvalue weighted by atomic mass is 10.0. The second kappa shape index (κ2) is 33.2. The predicted molar refractivity (Wildman–Crippen MR) is 243 cm³/mol. The topological polar surface area (TPSA) is 26.3 Å². The highest BCUT2D eigenvalue weighted by Crippen LogP contribution is 2.18. The van der Waals surface area contributed by atoms with Crippen LogP contribution < -0.4 is 0 Å². The number of allylic oxidation sites excluding steroid dienone is 19. The van der Waals surface area contributed by atoms with Gasteiger partial charge in [0.05, 0.1) is 0 Å². The second-order valence-corrected chi connectivity index (χ2v) is 16.4. The third-order valence-corrected chi connectivity index (χ3v) is 10.1. The highest BCUT2D eigenvalue weighted by Gasteiger charge is 1.98. The zero-order valence-corrected chi connectivity index (χ0v) is 37.5. The summed E-state index contributed by atoms with van der Waals surface area (Å²) in [5.41, 5.74) is 14.8. The van der Waals surface area contributed by atoms with E-state index in [1.807, 2.05) is 6.08 Å². The van der Waals surface area contributed by atoms with Crippen LogP contribution in [0.1, 0.15) is 199 Å². The van der Waals surface area contributed by atoms with Crippen molar-refractivity contribution in [3.05, 3.63) is 116 Å². The first-order valence-corrected chi connectivity index (χ1v) is 21.3. The molecule has 304 valence electrons. The van der Waals surface area contributed by atoms with E-state index in [1.54, 1.807) is 0 Å². The quantitative estimate of drug-likeness (QED) is 0.0564. The molecule has 0 fully saturated rings. The fourth-order valence-electron chi connectivity index (χ4n) is 6.18. The predicted octanol–water partition coefficient (Wildman–Crippen LogP) is 17.1. The zero-order chi connectivity index (χ0) is 40.6. The molecule has 0 amide bonds. The number of ether oxygens (including phenoxy) is 1. The van der Waals surface area contributed by atoms with E-state index in [-0.39, 0.29) is 5.97 Å². The molecule has 0 bridgehead atoms. The van der Waals surface area contributed by atoms with Crippen molar-refractivity contribution in [1.29, 1.82) is 0 Å². The van der Waals surface area contributed by atoms with E-state index >= 15 is 0 Å². The van der Waals surface area contributed by atoms with Crippen molar-refractivity contribution in [3.63, 3.8) is 0 Å². The van der Waals surface area contributed by atoms with Crippen molar-refractivity contribution in [1.82, 2.24) is 0 Å². The van der Waals surface area contributed by atoms with Gasteiger partial charge < -0.3 is 4.74 Å². The minimum absolute atomic E-state index is 0.224. The largest absolute Gasteiger partial charge is 0.462 e. The van der Waals surface area contributed by atoms with Crippen LogP contribution in [-0.4, -0.2) is 12.6 Å². The van der Waals surface area contributed by atoms with Crippen LogP contribution in [0.3, 0.4) is 0 Å². The Morgan fingerprint density at radius 1 is 0.296 bits per heavy atom. The molecule has 2 heteroatoms. The van der Waals surface area contributed by atoms with Gasteiger partial charge in [-0.25, -0.2) is 0 Å². The molecule has 0 saturated heterocycles. The van der Waals surface area contributed by atoms with E-state index in [1.165, 1.54) is 108 Å². The summed E-state index contributed by atoms with van der Waals surface area (Å²) < 4.78 is 4.99. The highest BCUT2D eigenvalue weighted by atomic mass is 16.5. The minimum Gasteiger partial charge on any atom is -0.462 e. The monoisotopic (exact) mass is 741 g/mol. The molecule has 0 aliphatic rings. The van der Waals surface area contributed by atoms with E-state index < -0.39 is 0 Å². The van der Waals surface area contributed by atoms with Crippen molar-refractivity contribution in [3.8, 4) is 0 Å². The van der Waals surface area contributed by atoms with Gasteiger partial charge in [-0.3, -0.25) is 4.79 Å². The molecular formula is C52H84O2. The Labute approximate surface area is 336 Å². The van der Waals surface area contributed by atoms with Crippen LogP contribution in [0, 0.1) is 0 Å². The van der Waals surface area contributed by atoms with Crippen molar-refractivity contribution in [2.45, 2.75) is 199 Å². The minimum atomic E-state index is -0.224. The molecule has 0 spiro atoms. The molecule has 0 radical (unpaired) electrons. The van der Waals surface area contributed by atoms with Crippen molar-refractivity contribution < 1.29 is 9.53 Å². The number of hydrogen-bond acceptors (Lipinski definition) is 2. The molecule has 0 aromatic rings. The molecule has 0 atom stereocenters. The van der Waals surface area contributed by atoms with Gasteiger partial charge in [0.25, 0.3) is 0 Å². The number of esters is 1. The Morgan fingerprint density at radius 3 is 0.667 bits per heavy atom. The third kappa shape index (κ3) is 34.6. The van der Waals surface area contributed by atoms with E-state index in [9.17, 15) is 4.79 Å². The first kappa shape index (κ1) is 50.9. The maximum absolute atomic E-state index is 10.9. The van der Waals surface area contributed by atoms with Crippen LogP contribution in [0.25, 0.3) is 0 Å². The highest BCUT2D eigenvalue weighted by molar-refractivity contribution is 5.66. The Bertz CT molecular complexity index is 1370. The molecule has 0 aromatic heterocycles. The van der Waals surface area contributed by atoms with Gasteiger partial charge in [-0.1, -0.05) is 110 Å². The van der Waals surface area contributed by atoms with Crippen LogP contribution >= 0.6 is 0 Å². The van der Waals surface area contributed by atoms with E-state index in [0.717, 1.165) is 70.6 Å². The van der Waals surface area contributed by atoms with Gasteiger partial charge in [0.15, 0.2) is 0 Å². The van der Waals surface area contributed by atoms with E-state index in [2.05, 4.69) is 131 Å². The average Bonchev–Trinajstić information content (AvgIpc) is 3.08. The first-order chi connectivity index (χ1) is 25.7. The van der Waals surface area contributed by atoms with Crippen LogP contribution in [0.4, 0.5) is 0 Å². The summed E-state index contributed by atoms with van der Waals surface area (Å²) in [6, 6.07) is 0. The van der Waals surface area contributed by atoms with Gasteiger partial charge in [-0.2, -0.15) is 0 Å². The molecule has 0 aliphatic carbocycles. The fraction of sp³-hybridized carbons (Fsp3) is 0.596. The lowest BCUT2D eigenvalue weighted by molar-refractivity contribution is -0.139. The third-order valence-electron chi connectivity index (χ3n) is 10.1. The molecule has 0 unspecified atom stereocenters. The van der Waals surface area contributed by atoms with Crippen molar-refractivity contribution in [2.75, 3.05) is 6.61 Å². The Hall–Kier alpha value is -3.13. The van der Waals surface area contributed by atoms with Gasteiger partial charge in [0.2, 0.25) is 0 Å². The SMILES string of the molecule is CC(=O)OC/C=C(/C)CC/C=C(/C)CC/C=C(\C)CC/C=C(\C)CC/C=C(\C)CC/C=C(/C)CC/C=C(\C)CC/C=C(/C)CC/C=C(\C)CCC=C(C)C. The number of carbonyl (C=O) groups excluding carboxylic acids is 1. The van der Waals surface area contributed by atoms with Gasteiger partial charge >= 0.3 is 5.97 Å². The van der Waals surface area contributed by atoms with Gasteiger partial charge in [-0.05, 0) is 198 Å². The normalized spacial score (nSPS) is 14.6. The fourth-order valence-corrected chi connectivity index (χ4v) is 6.18. The molecule has 0 N–H and O–H groups in total. The summed E-state index contributed by atoms with van der Waals surface area (Å²) >= 11 is 0. The van der Waals surface area contributed by atoms with Crippen molar-refractivity contribution in [2.24, 2.45) is 0 Å². The van der Waals surface area contributed by atoms with Crippen LogP contribution in [-0.2, 0) is 9.53 Å². The van der Waals surface area contributed by atoms with Gasteiger partial charge in [0, 0.05) is 6.92 Å². The molecule has 0 aliphatic heterocycles. The average molecular weight is 741 g/mol. The first-order valence-electron chi connectivity index (χ1n) is 21.3. The molecule has 54 heavy (non-hydrogen) atoms. The molecule has 0 saturated carbocycles. The van der Waals surface area contributed by atoms with Crippen LogP contribution in [0.5, 0.6) is 0 Å². The summed E-state index contributed by atoms with van der Waals surface area (Å²) in [5, 5.41) is 0. The molecule has 0 aromatic carbocycles. The Morgan fingerprint density at radius 2 is 0.481 bits per heavy atom. The van der Waals surface area contributed by atoms with Gasteiger partial charge in [-0.15, -0.1) is 0 Å². The lowest BCUT2D eigenvalue weighted by Crippen LogP contribution is -1.98. The molecule has 0 rings (SSSR count). The van der Waals surface area contributed by atoms with Crippen LogP contribution in [0.2, 0.25) is 0 Å². The summed E-state index contributed by atoms with van der Waals surface area (Å²) in [6.07, 6.45) is 44.4. The number of carbonyl (C=O) groups is 1. The van der Waals surface area contributed by atoms with E-state index in [0.29, 0.717) is 6.61 Å². The zero-order valence-electron chi connectivity index (χ0n) is 37.5. The summed E-state index contributed by atoms with van der Waals surface area (Å²) in [6.45, 7) is 26.6. The summed E-state index contributed by atoms with van der Waals surface area (Å²) in [5.74, 6) is -0.224. The summed E-state index contributed by atoms with van der Waals surface area (Å²) in [4.78, 5) is 10.9. The smallest absolute Gasteiger partial charge is 0.302 e. The van der Waals surface area contributed by atoms with E-state index in [4.69, 9.17) is 4.74 Å². The maximum atomic E-state index is 10.9. The summed E-state index contributed by atoms with van der Waals surface area (Å²) in [7, 11) is 0. The standard InChI is InChI=1S/C52H84O2/c1-42(2)22-13-23-43(3)24-14-25-44(4)26-15-27-45(5)28-16-29-46(6)30-17-31-47(7)32-18-33-48(8)34-19-35-49(9)36-20-37-50(10)38-21-39-51(11)40-41-54-52(12)53/h22,24,26,28,30,32,34,36,38,40H,13-21,23,25,27,29,31,33,35,37,39,41H2,1-12H3/b43-24+,44-26-,45-28+,46-30-,47-32+,48-34+,49-36+,50-38-,51-40-. The van der Waals surface area contributed by atoms with Crippen LogP contribution in [0.15, 0.2) is 116 Å². The van der Waals surface area contributed by atoms with Crippen molar-refractivity contribution >= 4 is 5.97 Å². The number of hydrogen-bond donors (Lipinski definition) is 0. The number of rotatable bonds is 29. The molecular weight excluding hydrogens is 657 g/mol. The molecule has 0 heterocycles. The Balaban J connectivity index is 4.25. The van der Waals surface area contributed by atoms with Gasteiger partial charge in [0.1, 0.15) is 6.61 Å².